The predicted octanol–water partition coefficient (Wildman–Crippen LogP) is 6.29. The molecule has 10 heteroatoms. The molecule has 0 saturated heterocycles. The quantitative estimate of drug-likeness (QED) is 0.226. The molecule has 6 nitrogen and oxygen atoms in total. The molecule has 2 aromatic heterocycles. The Morgan fingerprint density at radius 3 is 2.69 bits per heavy atom. The standard InChI is InChI=1S/C22H17Cl2N5OS2/c1-2-10-29-20(15-8-9-16(23)17(24)11-15)27-28-22(29)32-13-19(30)26-21-25-18(12-31-21)14-6-4-3-5-7-14/h2-9,11-12H,1,10,13H2,(H,25,26,30). The van der Waals surface area contributed by atoms with Gasteiger partial charge in [-0.15, -0.1) is 28.1 Å². The maximum Gasteiger partial charge on any atom is 0.236 e. The van der Waals surface area contributed by atoms with Crippen LogP contribution >= 0.6 is 46.3 Å². The lowest BCUT2D eigenvalue weighted by molar-refractivity contribution is -0.113. The third-order valence-electron chi connectivity index (χ3n) is 4.36. The summed E-state index contributed by atoms with van der Waals surface area (Å²) in [5, 5.41) is 15.3. The van der Waals surface area contributed by atoms with E-state index in [1.54, 1.807) is 18.2 Å². The highest BCUT2D eigenvalue weighted by Crippen LogP contribution is 2.30. The van der Waals surface area contributed by atoms with E-state index in [0.29, 0.717) is 32.7 Å². The van der Waals surface area contributed by atoms with Crippen molar-refractivity contribution in [1.82, 2.24) is 19.7 Å². The van der Waals surface area contributed by atoms with Crippen LogP contribution in [0.15, 0.2) is 71.7 Å². The lowest BCUT2D eigenvalue weighted by Gasteiger charge is -2.08. The molecule has 4 rings (SSSR count). The van der Waals surface area contributed by atoms with Gasteiger partial charge in [-0.1, -0.05) is 71.4 Å². The maximum absolute atomic E-state index is 12.5. The first kappa shape index (κ1) is 22.5. The van der Waals surface area contributed by atoms with E-state index in [1.807, 2.05) is 46.3 Å². The minimum atomic E-state index is -0.173. The topological polar surface area (TPSA) is 72.7 Å². The molecular formula is C22H17Cl2N5OS2. The van der Waals surface area contributed by atoms with Gasteiger partial charge in [0.05, 0.1) is 21.5 Å². The van der Waals surface area contributed by atoms with Gasteiger partial charge in [0, 0.05) is 23.1 Å². The van der Waals surface area contributed by atoms with Gasteiger partial charge in [-0.3, -0.25) is 9.36 Å². The molecule has 2 heterocycles. The molecule has 0 unspecified atom stereocenters. The molecule has 0 radical (unpaired) electrons. The number of thioether (sulfide) groups is 1. The normalized spacial score (nSPS) is 10.8. The van der Waals surface area contributed by atoms with E-state index in [-0.39, 0.29) is 11.7 Å². The second-order valence-corrected chi connectivity index (χ2v) is 9.19. The third-order valence-corrected chi connectivity index (χ3v) is 6.82. The summed E-state index contributed by atoms with van der Waals surface area (Å²) in [6.45, 7) is 4.29. The first-order valence-electron chi connectivity index (χ1n) is 9.48. The summed E-state index contributed by atoms with van der Waals surface area (Å²) in [6, 6.07) is 15.1. The van der Waals surface area contributed by atoms with Crippen LogP contribution in [0.3, 0.4) is 0 Å². The Morgan fingerprint density at radius 2 is 1.94 bits per heavy atom. The summed E-state index contributed by atoms with van der Waals surface area (Å²) in [5.41, 5.74) is 2.61. The number of amides is 1. The molecule has 0 spiro atoms. The summed E-state index contributed by atoms with van der Waals surface area (Å²) >= 11 is 14.8. The number of carbonyl (C=O) groups is 1. The molecule has 0 aliphatic carbocycles. The van der Waals surface area contributed by atoms with Gasteiger partial charge in [0.15, 0.2) is 16.1 Å². The van der Waals surface area contributed by atoms with Gasteiger partial charge in [-0.2, -0.15) is 0 Å². The summed E-state index contributed by atoms with van der Waals surface area (Å²) in [6.07, 6.45) is 1.75. The summed E-state index contributed by atoms with van der Waals surface area (Å²) in [5.74, 6) is 0.615. The highest BCUT2D eigenvalue weighted by atomic mass is 35.5. The first-order chi connectivity index (χ1) is 15.5. The molecule has 0 aliphatic heterocycles. The van der Waals surface area contributed by atoms with Crippen molar-refractivity contribution in [3.05, 3.63) is 76.6 Å². The van der Waals surface area contributed by atoms with Gasteiger partial charge in [0.2, 0.25) is 5.91 Å². The van der Waals surface area contributed by atoms with Crippen molar-refractivity contribution in [3.8, 4) is 22.6 Å². The van der Waals surface area contributed by atoms with Crippen molar-refractivity contribution in [2.45, 2.75) is 11.7 Å². The molecule has 1 amide bonds. The zero-order chi connectivity index (χ0) is 22.5. The van der Waals surface area contributed by atoms with E-state index in [1.165, 1.54) is 23.1 Å². The van der Waals surface area contributed by atoms with Crippen molar-refractivity contribution in [3.63, 3.8) is 0 Å². The zero-order valence-electron chi connectivity index (χ0n) is 16.7. The Balaban J connectivity index is 1.44. The Hall–Kier alpha value is -2.65. The van der Waals surface area contributed by atoms with Crippen LogP contribution in [0.4, 0.5) is 5.13 Å². The number of carbonyl (C=O) groups excluding carboxylic acids is 1. The van der Waals surface area contributed by atoms with Gasteiger partial charge in [0.25, 0.3) is 0 Å². The number of hydrogen-bond donors (Lipinski definition) is 1. The number of halogens is 2. The van der Waals surface area contributed by atoms with Gasteiger partial charge in [-0.05, 0) is 18.2 Å². The molecule has 1 N–H and O–H groups in total. The molecule has 4 aromatic rings. The first-order valence-corrected chi connectivity index (χ1v) is 12.1. The van der Waals surface area contributed by atoms with E-state index in [2.05, 4.69) is 27.1 Å². The van der Waals surface area contributed by atoms with E-state index < -0.39 is 0 Å². The predicted molar refractivity (Wildman–Crippen MR) is 133 cm³/mol. The average molecular weight is 502 g/mol. The largest absolute Gasteiger partial charge is 0.301 e. The Bertz CT molecular complexity index is 1260. The second kappa shape index (κ2) is 10.3. The smallest absolute Gasteiger partial charge is 0.236 e. The van der Waals surface area contributed by atoms with Crippen molar-refractivity contribution >= 4 is 57.3 Å². The average Bonchev–Trinajstić information content (AvgIpc) is 3.42. The van der Waals surface area contributed by atoms with Crippen LogP contribution in [-0.4, -0.2) is 31.4 Å². The van der Waals surface area contributed by atoms with Crippen LogP contribution in [0.5, 0.6) is 0 Å². The second-order valence-electron chi connectivity index (χ2n) is 6.58. The lowest BCUT2D eigenvalue weighted by Crippen LogP contribution is -2.14. The number of benzene rings is 2. The molecule has 162 valence electrons. The van der Waals surface area contributed by atoms with Crippen LogP contribution < -0.4 is 5.32 Å². The minimum Gasteiger partial charge on any atom is -0.301 e. The van der Waals surface area contributed by atoms with Gasteiger partial charge < -0.3 is 5.32 Å². The molecule has 0 fully saturated rings. The minimum absolute atomic E-state index is 0.164. The summed E-state index contributed by atoms with van der Waals surface area (Å²) < 4.78 is 1.88. The number of hydrogen-bond acceptors (Lipinski definition) is 6. The van der Waals surface area contributed by atoms with Crippen LogP contribution in [-0.2, 0) is 11.3 Å². The highest BCUT2D eigenvalue weighted by molar-refractivity contribution is 7.99. The molecule has 0 atom stereocenters. The van der Waals surface area contributed by atoms with Crippen LogP contribution in [0.2, 0.25) is 10.0 Å². The SMILES string of the molecule is C=CCn1c(SCC(=O)Nc2nc(-c3ccccc3)cs2)nnc1-c1ccc(Cl)c(Cl)c1. The molecule has 0 bridgehead atoms. The molecule has 0 aliphatic rings. The fourth-order valence-corrected chi connectivity index (χ4v) is 4.68. The van der Waals surface area contributed by atoms with Gasteiger partial charge in [0.1, 0.15) is 0 Å². The van der Waals surface area contributed by atoms with Crippen LogP contribution in [0.25, 0.3) is 22.6 Å². The maximum atomic E-state index is 12.5. The van der Waals surface area contributed by atoms with Crippen molar-refractivity contribution in [2.75, 3.05) is 11.1 Å². The van der Waals surface area contributed by atoms with E-state index in [4.69, 9.17) is 23.2 Å². The number of nitrogens with zero attached hydrogens (tertiary/aromatic N) is 4. The molecule has 2 aromatic carbocycles. The lowest BCUT2D eigenvalue weighted by atomic mass is 10.2. The van der Waals surface area contributed by atoms with E-state index >= 15 is 0 Å². The number of nitrogens with one attached hydrogen (secondary N) is 1. The number of rotatable bonds is 8. The highest BCUT2D eigenvalue weighted by Gasteiger charge is 2.16. The monoisotopic (exact) mass is 501 g/mol. The molecular weight excluding hydrogens is 485 g/mol. The summed E-state index contributed by atoms with van der Waals surface area (Å²) in [7, 11) is 0. The number of aromatic nitrogens is 4. The fraction of sp³-hybridized carbons (Fsp3) is 0.0909. The number of anilines is 1. The zero-order valence-corrected chi connectivity index (χ0v) is 19.8. The molecule has 32 heavy (non-hydrogen) atoms. The van der Waals surface area contributed by atoms with Crippen LogP contribution in [0, 0.1) is 0 Å². The van der Waals surface area contributed by atoms with Crippen molar-refractivity contribution in [1.29, 1.82) is 0 Å². The van der Waals surface area contributed by atoms with Gasteiger partial charge in [-0.25, -0.2) is 4.98 Å². The third kappa shape index (κ3) is 5.21. The van der Waals surface area contributed by atoms with Crippen LogP contribution in [0.1, 0.15) is 0 Å². The van der Waals surface area contributed by atoms with Crippen molar-refractivity contribution in [2.24, 2.45) is 0 Å². The van der Waals surface area contributed by atoms with E-state index in [9.17, 15) is 4.79 Å². The van der Waals surface area contributed by atoms with Crippen molar-refractivity contribution < 1.29 is 4.79 Å². The number of thiazole rings is 1. The van der Waals surface area contributed by atoms with Gasteiger partial charge >= 0.3 is 0 Å². The number of allylic oxidation sites excluding steroid dienone is 1. The molecule has 0 saturated carbocycles. The van der Waals surface area contributed by atoms with E-state index in [0.717, 1.165) is 16.8 Å². The summed E-state index contributed by atoms with van der Waals surface area (Å²) in [4.78, 5) is 17.0. The Morgan fingerprint density at radius 1 is 1.12 bits per heavy atom. The fourth-order valence-electron chi connectivity index (χ4n) is 2.90. The Kier molecular flexibility index (Phi) is 7.26. The Labute approximate surface area is 203 Å².